The molecule has 2 aromatic carbocycles. The van der Waals surface area contributed by atoms with Gasteiger partial charge in [-0.25, -0.2) is 4.39 Å². The van der Waals surface area contributed by atoms with Gasteiger partial charge in [-0.3, -0.25) is 4.79 Å². The summed E-state index contributed by atoms with van der Waals surface area (Å²) in [7, 11) is 1.84. The van der Waals surface area contributed by atoms with E-state index in [4.69, 9.17) is 0 Å². The number of benzene rings is 2. The van der Waals surface area contributed by atoms with Crippen LogP contribution in [0, 0.1) is 12.7 Å². The number of nitrogens with zero attached hydrogens (tertiary/aromatic N) is 1. The number of carbonyl (C=O) groups is 1. The fourth-order valence-electron chi connectivity index (χ4n) is 2.65. The van der Waals surface area contributed by atoms with Crippen molar-refractivity contribution in [1.29, 1.82) is 0 Å². The van der Waals surface area contributed by atoms with Gasteiger partial charge in [-0.1, -0.05) is 48.0 Å². The zero-order chi connectivity index (χ0) is 16.4. The summed E-state index contributed by atoms with van der Waals surface area (Å²) in [6, 6.07) is 17.9. The largest absolute Gasteiger partial charge is 0.345 e. The number of ketones is 1. The molecule has 0 saturated carbocycles. The minimum Gasteiger partial charge on any atom is -0.345 e. The Balaban J connectivity index is 1.89. The first-order valence-corrected chi connectivity index (χ1v) is 7.55. The topological polar surface area (TPSA) is 22.0 Å². The van der Waals surface area contributed by atoms with Crippen LogP contribution >= 0.6 is 0 Å². The van der Waals surface area contributed by atoms with Crippen molar-refractivity contribution in [2.45, 2.75) is 13.3 Å². The lowest BCUT2D eigenvalue weighted by atomic mass is 10.1. The Morgan fingerprint density at radius 2 is 1.70 bits per heavy atom. The smallest absolute Gasteiger partial charge is 0.209 e. The van der Waals surface area contributed by atoms with Gasteiger partial charge >= 0.3 is 0 Å². The van der Waals surface area contributed by atoms with Gasteiger partial charge in [-0.15, -0.1) is 0 Å². The van der Waals surface area contributed by atoms with E-state index in [1.54, 1.807) is 18.2 Å². The zero-order valence-corrected chi connectivity index (χ0v) is 13.2. The van der Waals surface area contributed by atoms with Crippen molar-refractivity contribution in [3.63, 3.8) is 0 Å². The predicted molar refractivity (Wildman–Crippen MR) is 89.2 cm³/mol. The maximum Gasteiger partial charge on any atom is 0.209 e. The van der Waals surface area contributed by atoms with E-state index in [2.05, 4.69) is 0 Å². The van der Waals surface area contributed by atoms with Crippen molar-refractivity contribution in [3.05, 3.63) is 94.6 Å². The van der Waals surface area contributed by atoms with Gasteiger partial charge < -0.3 is 4.57 Å². The van der Waals surface area contributed by atoms with E-state index in [0.717, 1.165) is 11.3 Å². The van der Waals surface area contributed by atoms with Crippen LogP contribution in [0.15, 0.2) is 60.7 Å². The van der Waals surface area contributed by atoms with E-state index in [-0.39, 0.29) is 11.6 Å². The number of rotatable bonds is 4. The van der Waals surface area contributed by atoms with Crippen LogP contribution < -0.4 is 0 Å². The van der Waals surface area contributed by atoms with Crippen molar-refractivity contribution in [1.82, 2.24) is 4.57 Å². The Labute approximate surface area is 135 Å². The fourth-order valence-corrected chi connectivity index (χ4v) is 2.65. The summed E-state index contributed by atoms with van der Waals surface area (Å²) in [5, 5.41) is 0. The monoisotopic (exact) mass is 307 g/mol. The van der Waals surface area contributed by atoms with Gasteiger partial charge in [0.2, 0.25) is 5.78 Å². The number of aryl methyl sites for hydroxylation is 1. The molecule has 0 atom stereocenters. The SMILES string of the molecule is Cc1ccc(C(=O)c2ccc(Cc3ccccc3F)n2C)cc1. The second-order valence-corrected chi connectivity index (χ2v) is 5.73. The van der Waals surface area contributed by atoms with Crippen LogP contribution in [0.5, 0.6) is 0 Å². The van der Waals surface area contributed by atoms with E-state index in [9.17, 15) is 9.18 Å². The number of hydrogen-bond acceptors (Lipinski definition) is 1. The highest BCUT2D eigenvalue weighted by molar-refractivity contribution is 6.08. The molecule has 0 unspecified atom stereocenters. The lowest BCUT2D eigenvalue weighted by Gasteiger charge is -2.08. The van der Waals surface area contributed by atoms with Crippen LogP contribution in [-0.4, -0.2) is 10.4 Å². The Morgan fingerprint density at radius 3 is 2.39 bits per heavy atom. The molecule has 0 spiro atoms. The molecule has 23 heavy (non-hydrogen) atoms. The van der Waals surface area contributed by atoms with Crippen LogP contribution in [0.1, 0.15) is 32.9 Å². The molecule has 0 aliphatic carbocycles. The number of carbonyl (C=O) groups excluding carboxylic acids is 1. The minimum atomic E-state index is -0.222. The maximum atomic E-state index is 13.8. The number of hydrogen-bond donors (Lipinski definition) is 0. The molecule has 3 heteroatoms. The van der Waals surface area contributed by atoms with E-state index < -0.39 is 0 Å². The van der Waals surface area contributed by atoms with Crippen LogP contribution in [0.3, 0.4) is 0 Å². The van der Waals surface area contributed by atoms with Crippen LogP contribution in [0.4, 0.5) is 4.39 Å². The van der Waals surface area contributed by atoms with Gasteiger partial charge in [0.05, 0.1) is 5.69 Å². The van der Waals surface area contributed by atoms with Gasteiger partial charge in [0.1, 0.15) is 5.82 Å². The minimum absolute atomic E-state index is 0.0210. The molecular weight excluding hydrogens is 289 g/mol. The summed E-state index contributed by atoms with van der Waals surface area (Å²) in [5.74, 6) is -0.243. The summed E-state index contributed by atoms with van der Waals surface area (Å²) in [4.78, 5) is 12.6. The molecule has 0 fully saturated rings. The third-order valence-corrected chi connectivity index (χ3v) is 4.10. The third-order valence-electron chi connectivity index (χ3n) is 4.10. The van der Waals surface area contributed by atoms with Gasteiger partial charge in [0.15, 0.2) is 0 Å². The zero-order valence-electron chi connectivity index (χ0n) is 13.2. The Morgan fingerprint density at radius 1 is 1.00 bits per heavy atom. The Bertz CT molecular complexity index is 846. The van der Waals surface area contributed by atoms with E-state index in [1.807, 2.05) is 54.9 Å². The molecule has 1 aromatic heterocycles. The van der Waals surface area contributed by atoms with E-state index in [1.165, 1.54) is 6.07 Å². The third kappa shape index (κ3) is 3.09. The first-order chi connectivity index (χ1) is 11.1. The summed E-state index contributed by atoms with van der Waals surface area (Å²) < 4.78 is 15.6. The van der Waals surface area contributed by atoms with E-state index in [0.29, 0.717) is 23.2 Å². The molecule has 0 N–H and O–H groups in total. The normalized spacial score (nSPS) is 10.7. The second-order valence-electron chi connectivity index (χ2n) is 5.73. The summed E-state index contributed by atoms with van der Waals surface area (Å²) in [6.45, 7) is 1.99. The van der Waals surface area contributed by atoms with Crippen LogP contribution in [-0.2, 0) is 13.5 Å². The van der Waals surface area contributed by atoms with Crippen molar-refractivity contribution >= 4 is 5.78 Å². The second kappa shape index (κ2) is 6.21. The quantitative estimate of drug-likeness (QED) is 0.659. The fraction of sp³-hybridized carbons (Fsp3) is 0.150. The first-order valence-electron chi connectivity index (χ1n) is 7.55. The summed E-state index contributed by atoms with van der Waals surface area (Å²) >= 11 is 0. The standard InChI is InChI=1S/C20H18FNO/c1-14-7-9-15(10-8-14)20(23)19-12-11-17(22(19)2)13-16-5-3-4-6-18(16)21/h3-12H,13H2,1-2H3. The Hall–Kier alpha value is -2.68. The molecule has 2 nitrogen and oxygen atoms in total. The average molecular weight is 307 g/mol. The molecule has 116 valence electrons. The molecule has 3 rings (SSSR count). The molecule has 0 amide bonds. The van der Waals surface area contributed by atoms with Gasteiger partial charge in [-0.2, -0.15) is 0 Å². The molecule has 1 heterocycles. The van der Waals surface area contributed by atoms with Crippen molar-refractivity contribution in [2.75, 3.05) is 0 Å². The number of halogens is 1. The molecule has 0 aliphatic heterocycles. The highest BCUT2D eigenvalue weighted by atomic mass is 19.1. The summed E-state index contributed by atoms with van der Waals surface area (Å²) in [5.41, 5.74) is 3.93. The van der Waals surface area contributed by atoms with Crippen LogP contribution in [0.25, 0.3) is 0 Å². The molecular formula is C20H18FNO. The predicted octanol–water partition coefficient (Wildman–Crippen LogP) is 4.29. The van der Waals surface area contributed by atoms with Crippen molar-refractivity contribution in [3.8, 4) is 0 Å². The van der Waals surface area contributed by atoms with Gasteiger partial charge in [0.25, 0.3) is 0 Å². The van der Waals surface area contributed by atoms with Crippen molar-refractivity contribution < 1.29 is 9.18 Å². The van der Waals surface area contributed by atoms with Gasteiger partial charge in [0, 0.05) is 24.7 Å². The van der Waals surface area contributed by atoms with Gasteiger partial charge in [-0.05, 0) is 30.7 Å². The van der Waals surface area contributed by atoms with Crippen LogP contribution in [0.2, 0.25) is 0 Å². The highest BCUT2D eigenvalue weighted by Crippen LogP contribution is 2.18. The highest BCUT2D eigenvalue weighted by Gasteiger charge is 2.15. The summed E-state index contributed by atoms with van der Waals surface area (Å²) in [6.07, 6.45) is 0.463. The van der Waals surface area contributed by atoms with E-state index >= 15 is 0 Å². The lowest BCUT2D eigenvalue weighted by molar-refractivity contribution is 0.103. The van der Waals surface area contributed by atoms with Crippen molar-refractivity contribution in [2.24, 2.45) is 7.05 Å². The molecule has 0 radical (unpaired) electrons. The molecule has 0 saturated heterocycles. The number of aromatic nitrogens is 1. The average Bonchev–Trinajstić information content (AvgIpc) is 2.91. The molecule has 3 aromatic rings. The Kier molecular flexibility index (Phi) is 4.11. The molecule has 0 bridgehead atoms. The first kappa shape index (κ1) is 15.2. The lowest BCUT2D eigenvalue weighted by Crippen LogP contribution is -2.09. The molecule has 0 aliphatic rings. The maximum absolute atomic E-state index is 13.8.